The molecule has 3 aromatic rings. The largest absolute Gasteiger partial charge is 0.478 e. The SMILES string of the molecule is O=C(O)c1cc(-n2nnc(-c3ccccc3)n2)ncc1Cl. The van der Waals surface area contributed by atoms with Crippen LogP contribution < -0.4 is 0 Å². The third kappa shape index (κ3) is 2.59. The molecule has 0 fully saturated rings. The number of carbonyl (C=O) groups is 1. The van der Waals surface area contributed by atoms with Gasteiger partial charge in [-0.3, -0.25) is 0 Å². The molecule has 104 valence electrons. The number of tetrazole rings is 1. The van der Waals surface area contributed by atoms with Crippen LogP contribution in [0.4, 0.5) is 0 Å². The van der Waals surface area contributed by atoms with Crippen LogP contribution in [-0.4, -0.2) is 36.3 Å². The van der Waals surface area contributed by atoms with E-state index in [1.54, 1.807) is 0 Å². The fraction of sp³-hybridized carbons (Fsp3) is 0. The highest BCUT2D eigenvalue weighted by Crippen LogP contribution is 2.18. The first kappa shape index (κ1) is 13.2. The Labute approximate surface area is 123 Å². The van der Waals surface area contributed by atoms with E-state index in [1.165, 1.54) is 12.3 Å². The molecule has 0 aliphatic carbocycles. The smallest absolute Gasteiger partial charge is 0.337 e. The van der Waals surface area contributed by atoms with Gasteiger partial charge in [-0.05, 0) is 5.21 Å². The van der Waals surface area contributed by atoms with Gasteiger partial charge in [0.1, 0.15) is 0 Å². The van der Waals surface area contributed by atoms with Crippen LogP contribution in [0.5, 0.6) is 0 Å². The van der Waals surface area contributed by atoms with E-state index in [2.05, 4.69) is 20.4 Å². The number of hydrogen-bond acceptors (Lipinski definition) is 5. The first-order valence-electron chi connectivity index (χ1n) is 5.90. The number of carboxylic acid groups (broad SMARTS) is 1. The predicted molar refractivity (Wildman–Crippen MR) is 74.4 cm³/mol. The van der Waals surface area contributed by atoms with Crippen LogP contribution in [0.1, 0.15) is 10.4 Å². The Morgan fingerprint density at radius 1 is 1.24 bits per heavy atom. The fourth-order valence-electron chi connectivity index (χ4n) is 1.72. The summed E-state index contributed by atoms with van der Waals surface area (Å²) in [7, 11) is 0. The second-order valence-corrected chi connectivity index (χ2v) is 4.50. The highest BCUT2D eigenvalue weighted by molar-refractivity contribution is 6.33. The van der Waals surface area contributed by atoms with Gasteiger partial charge in [0.25, 0.3) is 0 Å². The first-order valence-corrected chi connectivity index (χ1v) is 6.27. The molecule has 0 aliphatic heterocycles. The average molecular weight is 302 g/mol. The van der Waals surface area contributed by atoms with Crippen LogP contribution in [0.2, 0.25) is 5.02 Å². The topological polar surface area (TPSA) is 93.8 Å². The molecule has 0 saturated heterocycles. The maximum atomic E-state index is 11.1. The number of rotatable bonds is 3. The molecular formula is C13H8ClN5O2. The van der Waals surface area contributed by atoms with Crippen LogP contribution in [0, 0.1) is 0 Å². The molecule has 2 aromatic heterocycles. The standard InChI is InChI=1S/C13H8ClN5O2/c14-10-7-15-11(6-9(10)13(20)21)19-17-12(16-18-19)8-4-2-1-3-5-8/h1-7H,(H,20,21). The van der Waals surface area contributed by atoms with Crippen molar-refractivity contribution in [2.45, 2.75) is 0 Å². The van der Waals surface area contributed by atoms with Gasteiger partial charge in [-0.2, -0.15) is 0 Å². The summed E-state index contributed by atoms with van der Waals surface area (Å²) < 4.78 is 0. The second-order valence-electron chi connectivity index (χ2n) is 4.10. The molecule has 1 N–H and O–H groups in total. The Morgan fingerprint density at radius 3 is 2.71 bits per heavy atom. The minimum absolute atomic E-state index is 0.0506. The number of aromatic nitrogens is 5. The predicted octanol–water partition coefficient (Wildman–Crippen LogP) is 2.08. The molecule has 1 aromatic carbocycles. The fourth-order valence-corrected chi connectivity index (χ4v) is 1.90. The van der Waals surface area contributed by atoms with Crippen LogP contribution >= 0.6 is 11.6 Å². The lowest BCUT2D eigenvalue weighted by molar-refractivity contribution is 0.0697. The number of hydrogen-bond donors (Lipinski definition) is 1. The monoisotopic (exact) mass is 301 g/mol. The second kappa shape index (κ2) is 5.29. The van der Waals surface area contributed by atoms with Crippen LogP contribution in [0.3, 0.4) is 0 Å². The van der Waals surface area contributed by atoms with E-state index in [4.69, 9.17) is 16.7 Å². The van der Waals surface area contributed by atoms with E-state index in [-0.39, 0.29) is 16.4 Å². The molecule has 0 saturated carbocycles. The van der Waals surface area contributed by atoms with Crippen molar-refractivity contribution in [2.75, 3.05) is 0 Å². The molecule has 0 unspecified atom stereocenters. The number of pyridine rings is 1. The van der Waals surface area contributed by atoms with Crippen molar-refractivity contribution >= 4 is 17.6 Å². The number of aromatic carboxylic acids is 1. The highest BCUT2D eigenvalue weighted by atomic mass is 35.5. The molecule has 0 bridgehead atoms. The number of carboxylic acids is 1. The van der Waals surface area contributed by atoms with Crippen LogP contribution in [-0.2, 0) is 0 Å². The van der Waals surface area contributed by atoms with E-state index in [0.29, 0.717) is 5.82 Å². The Morgan fingerprint density at radius 2 is 2.00 bits per heavy atom. The number of benzene rings is 1. The molecular weight excluding hydrogens is 294 g/mol. The lowest BCUT2D eigenvalue weighted by atomic mass is 10.2. The lowest BCUT2D eigenvalue weighted by Crippen LogP contribution is -2.06. The maximum absolute atomic E-state index is 11.1. The summed E-state index contributed by atoms with van der Waals surface area (Å²) in [4.78, 5) is 16.2. The molecule has 0 atom stereocenters. The summed E-state index contributed by atoms with van der Waals surface area (Å²) in [6, 6.07) is 10.6. The van der Waals surface area contributed by atoms with Crippen molar-refractivity contribution in [3.8, 4) is 17.2 Å². The van der Waals surface area contributed by atoms with Crippen molar-refractivity contribution in [1.29, 1.82) is 0 Å². The third-order valence-corrected chi connectivity index (χ3v) is 3.02. The zero-order chi connectivity index (χ0) is 14.8. The summed E-state index contributed by atoms with van der Waals surface area (Å²) in [6.45, 7) is 0. The molecule has 8 heteroatoms. The van der Waals surface area contributed by atoms with Crippen molar-refractivity contribution in [3.05, 3.63) is 53.2 Å². The Bertz CT molecular complexity index is 803. The zero-order valence-electron chi connectivity index (χ0n) is 10.5. The molecule has 3 rings (SSSR count). The summed E-state index contributed by atoms with van der Waals surface area (Å²) >= 11 is 5.77. The van der Waals surface area contributed by atoms with Gasteiger partial charge in [-0.15, -0.1) is 15.0 Å². The number of halogens is 1. The van der Waals surface area contributed by atoms with Crippen molar-refractivity contribution in [3.63, 3.8) is 0 Å². The van der Waals surface area contributed by atoms with E-state index in [1.807, 2.05) is 30.3 Å². The zero-order valence-corrected chi connectivity index (χ0v) is 11.3. The van der Waals surface area contributed by atoms with Gasteiger partial charge in [-0.1, -0.05) is 41.9 Å². The molecule has 7 nitrogen and oxygen atoms in total. The summed E-state index contributed by atoms with van der Waals surface area (Å²) in [5, 5.41) is 21.1. The summed E-state index contributed by atoms with van der Waals surface area (Å²) in [6.07, 6.45) is 1.24. The van der Waals surface area contributed by atoms with Crippen LogP contribution in [0.25, 0.3) is 17.2 Å². The van der Waals surface area contributed by atoms with E-state index in [0.717, 1.165) is 10.4 Å². The highest BCUT2D eigenvalue weighted by Gasteiger charge is 2.13. The molecule has 0 aliphatic rings. The molecule has 0 radical (unpaired) electrons. The van der Waals surface area contributed by atoms with E-state index in [9.17, 15) is 4.79 Å². The first-order chi connectivity index (χ1) is 10.1. The summed E-state index contributed by atoms with van der Waals surface area (Å²) in [5.74, 6) is -0.497. The van der Waals surface area contributed by atoms with Gasteiger partial charge < -0.3 is 5.11 Å². The molecule has 0 spiro atoms. The van der Waals surface area contributed by atoms with Gasteiger partial charge in [0.2, 0.25) is 5.82 Å². The van der Waals surface area contributed by atoms with Gasteiger partial charge in [0, 0.05) is 17.8 Å². The van der Waals surface area contributed by atoms with Gasteiger partial charge in [0.05, 0.1) is 10.6 Å². The Hall–Kier alpha value is -2.80. The Balaban J connectivity index is 2.01. The van der Waals surface area contributed by atoms with Crippen molar-refractivity contribution in [1.82, 2.24) is 25.2 Å². The maximum Gasteiger partial charge on any atom is 0.337 e. The molecule has 2 heterocycles. The quantitative estimate of drug-likeness (QED) is 0.796. The number of nitrogens with zero attached hydrogens (tertiary/aromatic N) is 5. The summed E-state index contributed by atoms with van der Waals surface area (Å²) in [5.41, 5.74) is 0.733. The molecule has 0 amide bonds. The van der Waals surface area contributed by atoms with E-state index >= 15 is 0 Å². The van der Waals surface area contributed by atoms with Gasteiger partial charge in [0.15, 0.2) is 5.82 Å². The average Bonchev–Trinajstić information content (AvgIpc) is 2.98. The van der Waals surface area contributed by atoms with Gasteiger partial charge in [-0.25, -0.2) is 9.78 Å². The third-order valence-electron chi connectivity index (χ3n) is 2.72. The van der Waals surface area contributed by atoms with Crippen LogP contribution in [0.15, 0.2) is 42.6 Å². The minimum atomic E-state index is -1.15. The van der Waals surface area contributed by atoms with Crippen molar-refractivity contribution in [2.24, 2.45) is 0 Å². The van der Waals surface area contributed by atoms with Gasteiger partial charge >= 0.3 is 5.97 Å². The Kier molecular flexibility index (Phi) is 3.33. The lowest BCUT2D eigenvalue weighted by Gasteiger charge is -2.01. The van der Waals surface area contributed by atoms with Crippen molar-refractivity contribution < 1.29 is 9.90 Å². The normalized spacial score (nSPS) is 10.5. The van der Waals surface area contributed by atoms with E-state index < -0.39 is 5.97 Å². The minimum Gasteiger partial charge on any atom is -0.478 e. The molecule has 21 heavy (non-hydrogen) atoms.